The van der Waals surface area contributed by atoms with E-state index in [2.05, 4.69) is 0 Å². The second kappa shape index (κ2) is 8.83. The largest absolute Gasteiger partial charge is 0.447 e. The average molecular weight is 392 g/mol. The summed E-state index contributed by atoms with van der Waals surface area (Å²) in [5.74, 6) is 0.525. The number of thiocarbonyl (C=S) groups is 1. The normalized spacial score (nSPS) is 28.3. The lowest BCUT2D eigenvalue weighted by Gasteiger charge is -2.40. The molecule has 1 saturated heterocycles. The second-order valence-electron chi connectivity index (χ2n) is 5.87. The summed E-state index contributed by atoms with van der Waals surface area (Å²) < 4.78 is 16.8. The molecule has 5 nitrogen and oxygen atoms in total. The van der Waals surface area contributed by atoms with Crippen molar-refractivity contribution in [3.05, 3.63) is 60.7 Å². The predicted molar refractivity (Wildman–Crippen MR) is 103 cm³/mol. The zero-order chi connectivity index (χ0) is 18.5. The monoisotopic (exact) mass is 392 g/mol. The van der Waals surface area contributed by atoms with Crippen molar-refractivity contribution in [1.82, 2.24) is 0 Å². The molecule has 5 atom stereocenters. The van der Waals surface area contributed by atoms with Crippen LogP contribution in [0.2, 0.25) is 0 Å². The van der Waals surface area contributed by atoms with Crippen LogP contribution in [0.1, 0.15) is 6.92 Å². The minimum Gasteiger partial charge on any atom is -0.447 e. The fourth-order valence-corrected chi connectivity index (χ4v) is 3.90. The van der Waals surface area contributed by atoms with Crippen LogP contribution >= 0.6 is 24.0 Å². The molecule has 0 aromatic heterocycles. The standard InChI is InChI=1S/C19H20O5S2/c1-12-15(20)17(24-19(25)23-13-8-4-2-5-9-13)16(21)18(22-12)26-14-10-6-3-7-11-14/h2-12,15-18,20-21H,1H3/t12-,15+,16-,17+,18+/m0/s1. The Bertz CT molecular complexity index is 712. The highest BCUT2D eigenvalue weighted by Gasteiger charge is 2.45. The van der Waals surface area contributed by atoms with Crippen LogP contribution in [-0.2, 0) is 9.47 Å². The lowest BCUT2D eigenvalue weighted by atomic mass is 10.0. The Balaban J connectivity index is 1.67. The van der Waals surface area contributed by atoms with E-state index in [-0.39, 0.29) is 5.24 Å². The van der Waals surface area contributed by atoms with Crippen molar-refractivity contribution in [3.63, 3.8) is 0 Å². The molecular formula is C19H20O5S2. The Hall–Kier alpha value is -1.64. The number of hydrogen-bond acceptors (Lipinski definition) is 7. The molecule has 0 bridgehead atoms. The molecular weight excluding hydrogens is 372 g/mol. The molecule has 2 N–H and O–H groups in total. The first-order valence-corrected chi connectivity index (χ1v) is 9.50. The quantitative estimate of drug-likeness (QED) is 0.775. The average Bonchev–Trinajstić information content (AvgIpc) is 2.65. The number of thioether (sulfide) groups is 1. The molecule has 0 saturated carbocycles. The van der Waals surface area contributed by atoms with E-state index >= 15 is 0 Å². The van der Waals surface area contributed by atoms with Gasteiger partial charge < -0.3 is 24.4 Å². The van der Waals surface area contributed by atoms with Crippen molar-refractivity contribution in [1.29, 1.82) is 0 Å². The third kappa shape index (κ3) is 4.75. The van der Waals surface area contributed by atoms with E-state index in [9.17, 15) is 10.2 Å². The molecule has 0 amide bonds. The number of rotatable bonds is 4. The Kier molecular flexibility index (Phi) is 6.50. The predicted octanol–water partition coefficient (Wildman–Crippen LogP) is 2.99. The Morgan fingerprint density at radius 1 is 1.00 bits per heavy atom. The molecule has 138 valence electrons. The van der Waals surface area contributed by atoms with Crippen LogP contribution in [-0.4, -0.2) is 45.3 Å². The fourth-order valence-electron chi connectivity index (χ4n) is 2.59. The van der Waals surface area contributed by atoms with Crippen LogP contribution in [0.15, 0.2) is 65.6 Å². The molecule has 3 rings (SSSR count). The van der Waals surface area contributed by atoms with Gasteiger partial charge in [0.1, 0.15) is 23.4 Å². The van der Waals surface area contributed by atoms with Crippen molar-refractivity contribution in [2.24, 2.45) is 0 Å². The summed E-state index contributed by atoms with van der Waals surface area (Å²) in [5, 5.41) is 20.9. The van der Waals surface area contributed by atoms with E-state index in [1.165, 1.54) is 11.8 Å². The lowest BCUT2D eigenvalue weighted by molar-refractivity contribution is -0.189. The van der Waals surface area contributed by atoms with Gasteiger partial charge in [0.15, 0.2) is 6.10 Å². The smallest absolute Gasteiger partial charge is 0.358 e. The topological polar surface area (TPSA) is 68.2 Å². The maximum atomic E-state index is 10.6. The molecule has 2 aromatic rings. The third-order valence-corrected chi connectivity index (χ3v) is 5.30. The maximum Gasteiger partial charge on any atom is 0.358 e. The summed E-state index contributed by atoms with van der Waals surface area (Å²) >= 11 is 6.48. The van der Waals surface area contributed by atoms with Gasteiger partial charge in [-0.25, -0.2) is 0 Å². The molecule has 0 spiro atoms. The molecule has 1 aliphatic rings. The molecule has 1 fully saturated rings. The van der Waals surface area contributed by atoms with E-state index in [4.69, 9.17) is 26.4 Å². The zero-order valence-corrected chi connectivity index (χ0v) is 15.7. The number of benzene rings is 2. The van der Waals surface area contributed by atoms with Crippen LogP contribution in [0, 0.1) is 0 Å². The molecule has 1 heterocycles. The first-order chi connectivity index (χ1) is 12.5. The van der Waals surface area contributed by atoms with Crippen molar-refractivity contribution in [3.8, 4) is 5.75 Å². The van der Waals surface area contributed by atoms with Crippen molar-refractivity contribution < 1.29 is 24.4 Å². The minimum absolute atomic E-state index is 0.156. The van der Waals surface area contributed by atoms with Gasteiger partial charge in [0.25, 0.3) is 0 Å². The van der Waals surface area contributed by atoms with Crippen LogP contribution in [0.4, 0.5) is 0 Å². The van der Waals surface area contributed by atoms with E-state index in [0.29, 0.717) is 5.75 Å². The van der Waals surface area contributed by atoms with Crippen LogP contribution in [0.25, 0.3) is 0 Å². The number of aliphatic hydroxyl groups excluding tert-OH is 2. The number of hydrogen-bond donors (Lipinski definition) is 2. The van der Waals surface area contributed by atoms with Crippen LogP contribution < -0.4 is 4.74 Å². The summed E-state index contributed by atoms with van der Waals surface area (Å²) in [6, 6.07) is 18.5. The summed E-state index contributed by atoms with van der Waals surface area (Å²) in [4.78, 5) is 0.946. The molecule has 0 aliphatic carbocycles. The van der Waals surface area contributed by atoms with E-state index in [1.54, 1.807) is 19.1 Å². The van der Waals surface area contributed by atoms with E-state index in [1.807, 2.05) is 48.5 Å². The second-order valence-corrected chi connectivity index (χ2v) is 7.37. The fraction of sp³-hybridized carbons (Fsp3) is 0.316. The van der Waals surface area contributed by atoms with Gasteiger partial charge >= 0.3 is 5.24 Å². The molecule has 1 aliphatic heterocycles. The Morgan fingerprint density at radius 2 is 1.62 bits per heavy atom. The highest BCUT2D eigenvalue weighted by atomic mass is 32.2. The number of aliphatic hydroxyl groups is 2. The molecule has 2 aromatic carbocycles. The minimum atomic E-state index is -1.08. The number of para-hydroxylation sites is 1. The Labute approximate surface area is 161 Å². The summed E-state index contributed by atoms with van der Waals surface area (Å²) in [6.07, 6.45) is -3.58. The Morgan fingerprint density at radius 3 is 2.27 bits per heavy atom. The molecule has 7 heteroatoms. The first-order valence-electron chi connectivity index (χ1n) is 8.21. The lowest BCUT2D eigenvalue weighted by Crippen LogP contribution is -2.57. The summed E-state index contributed by atoms with van der Waals surface area (Å²) in [6.45, 7) is 1.73. The molecule has 26 heavy (non-hydrogen) atoms. The van der Waals surface area contributed by atoms with Gasteiger partial charge in [-0.05, 0) is 31.2 Å². The van der Waals surface area contributed by atoms with Crippen molar-refractivity contribution >= 4 is 29.2 Å². The van der Waals surface area contributed by atoms with Gasteiger partial charge in [-0.2, -0.15) is 0 Å². The SMILES string of the molecule is C[C@@H]1O[C@H](Sc2ccccc2)[C@@H](O)[C@H](OC(=S)Oc2ccccc2)[C@@H]1O. The highest BCUT2D eigenvalue weighted by molar-refractivity contribution is 7.99. The van der Waals surface area contributed by atoms with Crippen LogP contribution in [0.3, 0.4) is 0 Å². The van der Waals surface area contributed by atoms with Gasteiger partial charge in [0, 0.05) is 17.1 Å². The van der Waals surface area contributed by atoms with Gasteiger partial charge in [0.05, 0.1) is 6.10 Å². The van der Waals surface area contributed by atoms with E-state index in [0.717, 1.165) is 4.90 Å². The van der Waals surface area contributed by atoms with Gasteiger partial charge in [-0.1, -0.05) is 48.2 Å². The van der Waals surface area contributed by atoms with Crippen molar-refractivity contribution in [2.75, 3.05) is 0 Å². The molecule has 0 unspecified atom stereocenters. The third-order valence-electron chi connectivity index (χ3n) is 3.95. The molecule has 0 radical (unpaired) electrons. The summed E-state index contributed by atoms with van der Waals surface area (Å²) in [7, 11) is 0. The van der Waals surface area contributed by atoms with Gasteiger partial charge in [-0.3, -0.25) is 0 Å². The summed E-state index contributed by atoms with van der Waals surface area (Å²) in [5.41, 5.74) is -0.597. The van der Waals surface area contributed by atoms with E-state index < -0.39 is 29.9 Å². The van der Waals surface area contributed by atoms with Gasteiger partial charge in [-0.15, -0.1) is 0 Å². The van der Waals surface area contributed by atoms with Crippen molar-refractivity contribution in [2.45, 2.75) is 41.7 Å². The maximum absolute atomic E-state index is 10.6. The highest BCUT2D eigenvalue weighted by Crippen LogP contribution is 2.34. The number of ether oxygens (including phenoxy) is 3. The first kappa shape index (κ1) is 19.1. The van der Waals surface area contributed by atoms with Crippen LogP contribution in [0.5, 0.6) is 5.75 Å². The van der Waals surface area contributed by atoms with Gasteiger partial charge in [0.2, 0.25) is 0 Å². The zero-order valence-electron chi connectivity index (χ0n) is 14.1.